The average Bonchev–Trinajstić information content (AvgIpc) is 2.60. The van der Waals surface area contributed by atoms with Gasteiger partial charge in [-0.05, 0) is 38.0 Å². The van der Waals surface area contributed by atoms with Crippen LogP contribution in [0.15, 0.2) is 12.4 Å². The molecule has 0 saturated carbocycles. The molecule has 5 nitrogen and oxygen atoms in total. The largest absolute Gasteiger partial charge is 0.336 e. The van der Waals surface area contributed by atoms with Gasteiger partial charge in [0.15, 0.2) is 0 Å². The summed E-state index contributed by atoms with van der Waals surface area (Å²) >= 11 is 2.04. The number of carbonyl (C=O) groups is 1. The molecule has 0 N–H and O–H groups in total. The topological polar surface area (TPSA) is 49.3 Å². The predicted molar refractivity (Wildman–Crippen MR) is 107 cm³/mol. The molecule has 26 heavy (non-hydrogen) atoms. The molecule has 1 aromatic heterocycles. The van der Waals surface area contributed by atoms with Crippen molar-refractivity contribution in [2.75, 3.05) is 31.9 Å². The zero-order valence-corrected chi connectivity index (χ0v) is 17.2. The number of aryl methyl sites for hydroxylation is 1. The van der Waals surface area contributed by atoms with E-state index in [0.29, 0.717) is 18.2 Å². The molecule has 144 valence electrons. The van der Waals surface area contributed by atoms with Crippen LogP contribution in [0.4, 0.5) is 0 Å². The average molecular weight is 377 g/mol. The highest BCUT2D eigenvalue weighted by atomic mass is 32.2. The predicted octanol–water partition coefficient (Wildman–Crippen LogP) is 3.13. The number of carbonyl (C=O) groups excluding carboxylic acids is 1. The molecule has 0 aromatic carbocycles. The SMILES string of the molecule is Cc1cnc(CN2CC3(CCCN(CCSC(C)C)C3)CCC2=O)cn1. The van der Waals surface area contributed by atoms with Crippen LogP contribution in [0.25, 0.3) is 0 Å². The maximum atomic E-state index is 12.5. The van der Waals surface area contributed by atoms with Crippen LogP contribution in [0.3, 0.4) is 0 Å². The molecule has 2 fully saturated rings. The van der Waals surface area contributed by atoms with Crippen LogP contribution in [0.2, 0.25) is 0 Å². The summed E-state index contributed by atoms with van der Waals surface area (Å²) in [6.07, 6.45) is 7.79. The minimum atomic E-state index is 0.269. The smallest absolute Gasteiger partial charge is 0.222 e. The highest BCUT2D eigenvalue weighted by Crippen LogP contribution is 2.39. The van der Waals surface area contributed by atoms with E-state index in [9.17, 15) is 4.79 Å². The Hall–Kier alpha value is -1.14. The van der Waals surface area contributed by atoms with Crippen molar-refractivity contribution < 1.29 is 4.79 Å². The summed E-state index contributed by atoms with van der Waals surface area (Å²) in [6, 6.07) is 0. The molecule has 2 aliphatic heterocycles. The van der Waals surface area contributed by atoms with Gasteiger partial charge in [-0.1, -0.05) is 13.8 Å². The van der Waals surface area contributed by atoms with Crippen LogP contribution in [0.5, 0.6) is 0 Å². The van der Waals surface area contributed by atoms with Gasteiger partial charge in [0.2, 0.25) is 5.91 Å². The van der Waals surface area contributed by atoms with E-state index in [1.54, 1.807) is 12.4 Å². The van der Waals surface area contributed by atoms with E-state index in [-0.39, 0.29) is 11.3 Å². The van der Waals surface area contributed by atoms with E-state index >= 15 is 0 Å². The lowest BCUT2D eigenvalue weighted by atomic mass is 9.73. The third-order valence-corrected chi connectivity index (χ3v) is 6.62. The van der Waals surface area contributed by atoms with Crippen molar-refractivity contribution in [1.29, 1.82) is 0 Å². The normalized spacial score (nSPS) is 24.6. The molecule has 1 spiro atoms. The second-order valence-electron chi connectivity index (χ2n) is 8.20. The molecule has 1 unspecified atom stereocenters. The fraction of sp³-hybridized carbons (Fsp3) is 0.750. The lowest BCUT2D eigenvalue weighted by Gasteiger charge is -2.48. The van der Waals surface area contributed by atoms with Crippen LogP contribution in [-0.4, -0.2) is 62.9 Å². The van der Waals surface area contributed by atoms with Gasteiger partial charge in [0.1, 0.15) is 0 Å². The number of hydrogen-bond acceptors (Lipinski definition) is 5. The van der Waals surface area contributed by atoms with Gasteiger partial charge in [-0.15, -0.1) is 0 Å². The number of thioether (sulfide) groups is 1. The van der Waals surface area contributed by atoms with E-state index in [2.05, 4.69) is 28.7 Å². The quantitative estimate of drug-likeness (QED) is 0.763. The zero-order valence-electron chi connectivity index (χ0n) is 16.4. The fourth-order valence-electron chi connectivity index (χ4n) is 4.19. The Bertz CT molecular complexity index is 606. The molecule has 3 rings (SSSR count). The molecule has 0 radical (unpaired) electrons. The highest BCUT2D eigenvalue weighted by molar-refractivity contribution is 7.99. The molecule has 0 aliphatic carbocycles. The van der Waals surface area contributed by atoms with E-state index in [4.69, 9.17) is 0 Å². The monoisotopic (exact) mass is 376 g/mol. The molecule has 6 heteroatoms. The van der Waals surface area contributed by atoms with E-state index < -0.39 is 0 Å². The Balaban J connectivity index is 1.60. The third kappa shape index (κ3) is 5.19. The molecule has 1 aromatic rings. The number of aromatic nitrogens is 2. The van der Waals surface area contributed by atoms with Gasteiger partial charge in [0, 0.05) is 43.4 Å². The summed E-state index contributed by atoms with van der Waals surface area (Å²) < 4.78 is 0. The summed E-state index contributed by atoms with van der Waals surface area (Å²) in [6.45, 7) is 11.4. The summed E-state index contributed by atoms with van der Waals surface area (Å²) in [4.78, 5) is 25.9. The summed E-state index contributed by atoms with van der Waals surface area (Å²) in [5.74, 6) is 1.47. The minimum absolute atomic E-state index is 0.269. The second-order valence-corrected chi connectivity index (χ2v) is 9.88. The van der Waals surface area contributed by atoms with Crippen LogP contribution in [0.1, 0.15) is 50.9 Å². The highest BCUT2D eigenvalue weighted by Gasteiger charge is 2.41. The molecular weight excluding hydrogens is 344 g/mol. The molecular formula is C20H32N4OS. The molecule has 1 amide bonds. The van der Waals surface area contributed by atoms with Gasteiger partial charge < -0.3 is 9.80 Å². The first-order valence-corrected chi connectivity index (χ1v) is 10.9. The van der Waals surface area contributed by atoms with E-state index in [0.717, 1.165) is 30.9 Å². The standard InChI is InChI=1S/C20H32N4OS/c1-16(2)26-10-9-23-8-4-6-20(14-23)7-5-19(25)24(15-20)13-18-12-21-17(3)11-22-18/h11-12,16H,4-10,13-15H2,1-3H3. The van der Waals surface area contributed by atoms with Gasteiger partial charge in [-0.3, -0.25) is 14.8 Å². The maximum Gasteiger partial charge on any atom is 0.222 e. The van der Waals surface area contributed by atoms with Gasteiger partial charge in [-0.2, -0.15) is 11.8 Å². The first kappa shape index (κ1) is 19.6. The van der Waals surface area contributed by atoms with Crippen molar-refractivity contribution in [2.45, 2.75) is 58.2 Å². The van der Waals surface area contributed by atoms with Gasteiger partial charge in [0.25, 0.3) is 0 Å². The van der Waals surface area contributed by atoms with Crippen LogP contribution in [-0.2, 0) is 11.3 Å². The number of hydrogen-bond donors (Lipinski definition) is 0. The van der Waals surface area contributed by atoms with Crippen LogP contribution in [0, 0.1) is 12.3 Å². The Labute approximate surface area is 162 Å². The molecule has 2 saturated heterocycles. The third-order valence-electron chi connectivity index (χ3n) is 5.53. The summed E-state index contributed by atoms with van der Waals surface area (Å²) in [5.41, 5.74) is 2.08. The Kier molecular flexibility index (Phi) is 6.56. The van der Waals surface area contributed by atoms with Gasteiger partial charge >= 0.3 is 0 Å². The van der Waals surface area contributed by atoms with Crippen molar-refractivity contribution >= 4 is 17.7 Å². The van der Waals surface area contributed by atoms with Gasteiger partial charge in [-0.25, -0.2) is 0 Å². The number of likely N-dealkylation sites (tertiary alicyclic amines) is 2. The first-order chi connectivity index (χ1) is 12.5. The molecule has 2 aliphatic rings. The first-order valence-electron chi connectivity index (χ1n) is 9.85. The Morgan fingerprint density at radius 1 is 1.23 bits per heavy atom. The van der Waals surface area contributed by atoms with E-state index in [1.807, 2.05) is 23.6 Å². The summed E-state index contributed by atoms with van der Waals surface area (Å²) in [5, 5.41) is 0.701. The maximum absolute atomic E-state index is 12.5. The molecule has 1 atom stereocenters. The van der Waals surface area contributed by atoms with Crippen molar-refractivity contribution in [1.82, 2.24) is 19.8 Å². The number of amides is 1. The van der Waals surface area contributed by atoms with Crippen molar-refractivity contribution in [2.24, 2.45) is 5.41 Å². The zero-order chi connectivity index (χ0) is 18.6. The van der Waals surface area contributed by atoms with Gasteiger partial charge in [0.05, 0.1) is 24.1 Å². The van der Waals surface area contributed by atoms with Crippen LogP contribution >= 0.6 is 11.8 Å². The number of rotatable bonds is 6. The minimum Gasteiger partial charge on any atom is -0.336 e. The van der Waals surface area contributed by atoms with Crippen molar-refractivity contribution in [3.63, 3.8) is 0 Å². The van der Waals surface area contributed by atoms with E-state index in [1.165, 1.54) is 31.7 Å². The lowest BCUT2D eigenvalue weighted by Crippen LogP contribution is -2.54. The molecule has 3 heterocycles. The second kappa shape index (κ2) is 8.70. The Morgan fingerprint density at radius 2 is 2.08 bits per heavy atom. The van der Waals surface area contributed by atoms with Crippen molar-refractivity contribution in [3.05, 3.63) is 23.8 Å². The fourth-order valence-corrected chi connectivity index (χ4v) is 5.03. The molecule has 0 bridgehead atoms. The lowest BCUT2D eigenvalue weighted by molar-refractivity contribution is -0.140. The number of piperidine rings is 2. The number of nitrogens with zero attached hydrogens (tertiary/aromatic N) is 4. The Morgan fingerprint density at radius 3 is 2.81 bits per heavy atom. The van der Waals surface area contributed by atoms with Crippen molar-refractivity contribution in [3.8, 4) is 0 Å². The van der Waals surface area contributed by atoms with Crippen LogP contribution < -0.4 is 0 Å². The summed E-state index contributed by atoms with van der Waals surface area (Å²) in [7, 11) is 0.